The zero-order valence-electron chi connectivity index (χ0n) is 19.5. The summed E-state index contributed by atoms with van der Waals surface area (Å²) in [6, 6.07) is 13.7. The highest BCUT2D eigenvalue weighted by molar-refractivity contribution is 7.92. The van der Waals surface area contributed by atoms with Crippen LogP contribution in [0.25, 0.3) is 0 Å². The van der Waals surface area contributed by atoms with E-state index < -0.39 is 16.1 Å². The van der Waals surface area contributed by atoms with E-state index in [1.54, 1.807) is 36.2 Å². The molecule has 0 aliphatic carbocycles. The fourth-order valence-corrected chi connectivity index (χ4v) is 4.76. The second kappa shape index (κ2) is 12.0. The third-order valence-corrected chi connectivity index (χ3v) is 6.95. The summed E-state index contributed by atoms with van der Waals surface area (Å²) in [5.74, 6) is -0.420. The first-order valence-electron chi connectivity index (χ1n) is 10.9. The van der Waals surface area contributed by atoms with E-state index in [1.807, 2.05) is 38.1 Å². The van der Waals surface area contributed by atoms with Crippen LogP contribution in [0.15, 0.2) is 48.5 Å². The maximum atomic E-state index is 13.3. The largest absolute Gasteiger partial charge is 0.357 e. The average molecular weight is 494 g/mol. The molecule has 0 saturated heterocycles. The van der Waals surface area contributed by atoms with Gasteiger partial charge < -0.3 is 10.2 Å². The summed E-state index contributed by atoms with van der Waals surface area (Å²) in [7, 11) is -1.99. The van der Waals surface area contributed by atoms with E-state index in [0.717, 1.165) is 17.4 Å². The Bertz CT molecular complexity index is 1060. The molecule has 0 unspecified atom stereocenters. The number of aryl methyl sites for hydroxylation is 1. The molecule has 33 heavy (non-hydrogen) atoms. The van der Waals surface area contributed by atoms with Gasteiger partial charge in [-0.25, -0.2) is 8.42 Å². The first kappa shape index (κ1) is 26.7. The van der Waals surface area contributed by atoms with Crippen LogP contribution in [0, 0.1) is 6.92 Å². The zero-order chi connectivity index (χ0) is 24.6. The number of halogens is 1. The number of sulfonamides is 1. The van der Waals surface area contributed by atoms with Gasteiger partial charge in [0.05, 0.1) is 11.9 Å². The number of nitrogens with one attached hydrogen (secondary N) is 1. The van der Waals surface area contributed by atoms with Gasteiger partial charge in [0.15, 0.2) is 0 Å². The first-order valence-corrected chi connectivity index (χ1v) is 13.1. The number of carbonyl (C=O) groups is 2. The fourth-order valence-electron chi connectivity index (χ4n) is 3.67. The number of carbonyl (C=O) groups excluding carboxylic acids is 2. The number of rotatable bonds is 11. The maximum absolute atomic E-state index is 13.3. The minimum absolute atomic E-state index is 0.110. The molecule has 0 spiro atoms. The lowest BCUT2D eigenvalue weighted by molar-refractivity contribution is -0.141. The van der Waals surface area contributed by atoms with E-state index in [0.29, 0.717) is 30.1 Å². The SMILES string of the molecule is CC[C@H](C(=O)NC)N(Cc1ccccc1C)C(=O)CCCN(c1ccc(Cl)cc1)S(C)(=O)=O. The molecule has 0 radical (unpaired) electrons. The lowest BCUT2D eigenvalue weighted by atomic mass is 10.1. The molecule has 2 aromatic rings. The molecule has 1 atom stereocenters. The van der Waals surface area contributed by atoms with Crippen LogP contribution in [0.3, 0.4) is 0 Å². The lowest BCUT2D eigenvalue weighted by Crippen LogP contribution is -2.48. The highest BCUT2D eigenvalue weighted by atomic mass is 35.5. The molecule has 0 saturated carbocycles. The van der Waals surface area contributed by atoms with Crippen molar-refractivity contribution >= 4 is 39.1 Å². The molecule has 0 aliphatic heterocycles. The van der Waals surface area contributed by atoms with Gasteiger partial charge in [0.25, 0.3) is 0 Å². The number of nitrogens with zero attached hydrogens (tertiary/aromatic N) is 2. The minimum Gasteiger partial charge on any atom is -0.357 e. The highest BCUT2D eigenvalue weighted by Crippen LogP contribution is 2.22. The summed E-state index contributed by atoms with van der Waals surface area (Å²) in [4.78, 5) is 27.3. The molecule has 0 aromatic heterocycles. The quantitative estimate of drug-likeness (QED) is 0.516. The summed E-state index contributed by atoms with van der Waals surface area (Å²) >= 11 is 5.92. The van der Waals surface area contributed by atoms with Crippen molar-refractivity contribution in [2.24, 2.45) is 0 Å². The number of benzene rings is 2. The Morgan fingerprint density at radius 3 is 2.27 bits per heavy atom. The van der Waals surface area contributed by atoms with Gasteiger partial charge in [-0.15, -0.1) is 0 Å². The smallest absolute Gasteiger partial charge is 0.242 e. The van der Waals surface area contributed by atoms with Crippen molar-refractivity contribution in [3.63, 3.8) is 0 Å². The van der Waals surface area contributed by atoms with Gasteiger partial charge in [0.1, 0.15) is 6.04 Å². The average Bonchev–Trinajstić information content (AvgIpc) is 2.77. The Morgan fingerprint density at radius 2 is 1.73 bits per heavy atom. The van der Waals surface area contributed by atoms with Crippen LogP contribution in [-0.2, 0) is 26.2 Å². The summed E-state index contributed by atoms with van der Waals surface area (Å²) in [6.07, 6.45) is 2.02. The molecule has 0 heterocycles. The third-order valence-electron chi connectivity index (χ3n) is 5.50. The van der Waals surface area contributed by atoms with Crippen molar-refractivity contribution in [1.82, 2.24) is 10.2 Å². The molecule has 7 nitrogen and oxygen atoms in total. The van der Waals surface area contributed by atoms with E-state index >= 15 is 0 Å². The van der Waals surface area contributed by atoms with Crippen LogP contribution in [0.2, 0.25) is 5.02 Å². The third kappa shape index (κ3) is 7.47. The number of amides is 2. The Kier molecular flexibility index (Phi) is 9.73. The predicted molar refractivity (Wildman–Crippen MR) is 133 cm³/mol. The molecule has 0 bridgehead atoms. The van der Waals surface area contributed by atoms with Crippen LogP contribution in [0.5, 0.6) is 0 Å². The molecule has 0 aliphatic rings. The Morgan fingerprint density at radius 1 is 1.09 bits per heavy atom. The molecular weight excluding hydrogens is 462 g/mol. The summed E-state index contributed by atoms with van der Waals surface area (Å²) < 4.78 is 25.9. The summed E-state index contributed by atoms with van der Waals surface area (Å²) in [5.41, 5.74) is 2.49. The van der Waals surface area contributed by atoms with E-state index in [4.69, 9.17) is 11.6 Å². The summed E-state index contributed by atoms with van der Waals surface area (Å²) in [6.45, 7) is 4.28. The van der Waals surface area contributed by atoms with Crippen LogP contribution in [0.1, 0.15) is 37.3 Å². The second-order valence-corrected chi connectivity index (χ2v) is 10.2. The zero-order valence-corrected chi connectivity index (χ0v) is 21.1. The molecule has 2 rings (SSSR count). The molecule has 180 valence electrons. The molecule has 9 heteroatoms. The Labute approximate surface area is 201 Å². The monoisotopic (exact) mass is 493 g/mol. The van der Waals surface area contributed by atoms with Gasteiger partial charge >= 0.3 is 0 Å². The minimum atomic E-state index is -3.54. The van der Waals surface area contributed by atoms with Crippen LogP contribution in [-0.4, -0.2) is 51.0 Å². The Balaban J connectivity index is 2.19. The second-order valence-electron chi connectivity index (χ2n) is 7.90. The topological polar surface area (TPSA) is 86.8 Å². The van der Waals surface area contributed by atoms with Gasteiger partial charge in [0.2, 0.25) is 21.8 Å². The molecule has 2 aromatic carbocycles. The lowest BCUT2D eigenvalue weighted by Gasteiger charge is -2.31. The van der Waals surface area contributed by atoms with E-state index in [1.165, 1.54) is 4.31 Å². The summed E-state index contributed by atoms with van der Waals surface area (Å²) in [5, 5.41) is 3.15. The van der Waals surface area contributed by atoms with Gasteiger partial charge in [-0.05, 0) is 55.2 Å². The normalized spacial score (nSPS) is 12.2. The molecule has 1 N–H and O–H groups in total. The van der Waals surface area contributed by atoms with Crippen LogP contribution >= 0.6 is 11.6 Å². The van der Waals surface area contributed by atoms with Crippen molar-refractivity contribution in [2.45, 2.75) is 45.7 Å². The van der Waals surface area contributed by atoms with Crippen molar-refractivity contribution in [3.05, 3.63) is 64.7 Å². The van der Waals surface area contributed by atoms with E-state index in [-0.39, 0.29) is 24.8 Å². The van der Waals surface area contributed by atoms with Gasteiger partial charge in [-0.1, -0.05) is 42.8 Å². The Hall–Kier alpha value is -2.58. The van der Waals surface area contributed by atoms with Crippen LogP contribution < -0.4 is 9.62 Å². The van der Waals surface area contributed by atoms with Crippen molar-refractivity contribution in [2.75, 3.05) is 24.2 Å². The molecule has 2 amide bonds. The van der Waals surface area contributed by atoms with Crippen molar-refractivity contribution < 1.29 is 18.0 Å². The number of likely N-dealkylation sites (N-methyl/N-ethyl adjacent to an activating group) is 1. The van der Waals surface area contributed by atoms with Crippen LogP contribution in [0.4, 0.5) is 5.69 Å². The maximum Gasteiger partial charge on any atom is 0.242 e. The van der Waals surface area contributed by atoms with Gasteiger partial charge in [-0.2, -0.15) is 0 Å². The number of hydrogen-bond donors (Lipinski definition) is 1. The van der Waals surface area contributed by atoms with Crippen molar-refractivity contribution in [3.8, 4) is 0 Å². The standard InChI is InChI=1S/C24H32ClN3O4S/c1-5-22(24(30)26-3)27(17-19-10-7-6-9-18(19)2)23(29)11-8-16-28(33(4,31)32)21-14-12-20(25)13-15-21/h6-7,9-10,12-15,22H,5,8,11,16-17H2,1-4H3,(H,26,30)/t22-/m1/s1. The van der Waals surface area contributed by atoms with Gasteiger partial charge in [0, 0.05) is 31.6 Å². The fraction of sp³-hybridized carbons (Fsp3) is 0.417. The number of hydrogen-bond acceptors (Lipinski definition) is 4. The van der Waals surface area contributed by atoms with E-state index in [2.05, 4.69) is 5.32 Å². The van der Waals surface area contributed by atoms with E-state index in [9.17, 15) is 18.0 Å². The number of anilines is 1. The molecule has 0 fully saturated rings. The van der Waals surface area contributed by atoms with Crippen molar-refractivity contribution in [1.29, 1.82) is 0 Å². The first-order chi connectivity index (χ1) is 15.6. The molecular formula is C24H32ClN3O4S. The van der Waals surface area contributed by atoms with Gasteiger partial charge in [-0.3, -0.25) is 13.9 Å². The predicted octanol–water partition coefficient (Wildman–Crippen LogP) is 3.75. The highest BCUT2D eigenvalue weighted by Gasteiger charge is 2.28.